The number of carbonyl (C=O) groups excluding carboxylic acids is 2. The lowest BCUT2D eigenvalue weighted by Gasteiger charge is -2.25. The fourth-order valence-corrected chi connectivity index (χ4v) is 4.00. The molecule has 1 amide bonds. The maximum atomic E-state index is 13.2. The van der Waals surface area contributed by atoms with Gasteiger partial charge >= 0.3 is 0 Å². The number of likely N-dealkylation sites (tertiary alicyclic amines) is 1. The van der Waals surface area contributed by atoms with Crippen LogP contribution in [0.5, 0.6) is 5.75 Å². The number of aryl methyl sites for hydroxylation is 1. The van der Waals surface area contributed by atoms with Gasteiger partial charge in [0.15, 0.2) is 0 Å². The Labute approximate surface area is 202 Å². The Kier molecular flexibility index (Phi) is 8.51. The van der Waals surface area contributed by atoms with Crippen LogP contribution in [0.25, 0.3) is 5.76 Å². The van der Waals surface area contributed by atoms with Gasteiger partial charge in [0.25, 0.3) is 11.7 Å². The standard InChI is InChI=1S/C28H35NO5/c1-18(2)17-34-23-12-7-11-22(16-23)26(30)24-25(21-10-6-9-20(5)15-21)29(28(32)27(24)31)13-8-14-33-19(3)4/h6-7,9-12,15-16,18-19,25,30H,8,13-14,17H2,1-5H3/b26-24-. The lowest BCUT2D eigenvalue weighted by atomic mass is 9.94. The summed E-state index contributed by atoms with van der Waals surface area (Å²) in [6.07, 6.45) is 0.680. The average Bonchev–Trinajstić information content (AvgIpc) is 3.05. The minimum Gasteiger partial charge on any atom is -0.507 e. The van der Waals surface area contributed by atoms with E-state index in [1.807, 2.05) is 51.1 Å². The highest BCUT2D eigenvalue weighted by Gasteiger charge is 2.45. The molecule has 0 radical (unpaired) electrons. The summed E-state index contributed by atoms with van der Waals surface area (Å²) in [7, 11) is 0. The summed E-state index contributed by atoms with van der Waals surface area (Å²) in [5.74, 6) is -0.527. The number of amides is 1. The molecule has 6 heteroatoms. The minimum absolute atomic E-state index is 0.0909. The highest BCUT2D eigenvalue weighted by atomic mass is 16.5. The van der Waals surface area contributed by atoms with Crippen molar-refractivity contribution < 1.29 is 24.2 Å². The molecule has 1 aliphatic heterocycles. The van der Waals surface area contributed by atoms with E-state index in [2.05, 4.69) is 13.8 Å². The normalized spacial score (nSPS) is 17.7. The maximum absolute atomic E-state index is 13.2. The van der Waals surface area contributed by atoms with E-state index in [-0.39, 0.29) is 17.4 Å². The fraction of sp³-hybridized carbons (Fsp3) is 0.429. The van der Waals surface area contributed by atoms with E-state index in [4.69, 9.17) is 9.47 Å². The first-order valence-electron chi connectivity index (χ1n) is 11.9. The molecule has 0 bridgehead atoms. The van der Waals surface area contributed by atoms with Crippen LogP contribution in [-0.2, 0) is 14.3 Å². The predicted molar refractivity (Wildman–Crippen MR) is 133 cm³/mol. The number of carbonyl (C=O) groups is 2. The number of benzene rings is 2. The summed E-state index contributed by atoms with van der Waals surface area (Å²) in [6.45, 7) is 11.4. The highest BCUT2D eigenvalue weighted by Crippen LogP contribution is 2.40. The Balaban J connectivity index is 2.01. The van der Waals surface area contributed by atoms with Crippen molar-refractivity contribution in [3.05, 3.63) is 70.8 Å². The van der Waals surface area contributed by atoms with Crippen molar-refractivity contribution in [1.82, 2.24) is 4.90 Å². The van der Waals surface area contributed by atoms with Crippen molar-refractivity contribution in [3.63, 3.8) is 0 Å². The Morgan fingerprint density at radius 3 is 2.47 bits per heavy atom. The Morgan fingerprint density at radius 1 is 1.06 bits per heavy atom. The van der Waals surface area contributed by atoms with Gasteiger partial charge in [0.2, 0.25) is 0 Å². The second-order valence-electron chi connectivity index (χ2n) is 9.41. The highest BCUT2D eigenvalue weighted by molar-refractivity contribution is 6.46. The number of ether oxygens (including phenoxy) is 2. The lowest BCUT2D eigenvalue weighted by molar-refractivity contribution is -0.140. The van der Waals surface area contributed by atoms with Crippen LogP contribution in [0.2, 0.25) is 0 Å². The van der Waals surface area contributed by atoms with Crippen molar-refractivity contribution in [3.8, 4) is 5.75 Å². The maximum Gasteiger partial charge on any atom is 0.295 e. The van der Waals surface area contributed by atoms with Crippen LogP contribution in [0.3, 0.4) is 0 Å². The number of ketones is 1. The molecule has 1 atom stereocenters. The molecule has 1 saturated heterocycles. The summed E-state index contributed by atoms with van der Waals surface area (Å²) in [5.41, 5.74) is 2.34. The number of aliphatic hydroxyl groups excluding tert-OH is 1. The van der Waals surface area contributed by atoms with Gasteiger partial charge < -0.3 is 19.5 Å². The summed E-state index contributed by atoms with van der Waals surface area (Å²) >= 11 is 0. The van der Waals surface area contributed by atoms with Crippen molar-refractivity contribution in [1.29, 1.82) is 0 Å². The van der Waals surface area contributed by atoms with Gasteiger partial charge in [0.05, 0.1) is 24.3 Å². The van der Waals surface area contributed by atoms with Crippen molar-refractivity contribution in [2.75, 3.05) is 19.8 Å². The average molecular weight is 466 g/mol. The molecule has 1 heterocycles. The molecule has 6 nitrogen and oxygen atoms in total. The zero-order chi connectivity index (χ0) is 24.8. The van der Waals surface area contributed by atoms with Gasteiger partial charge in [-0.2, -0.15) is 0 Å². The van der Waals surface area contributed by atoms with Crippen LogP contribution >= 0.6 is 0 Å². The summed E-state index contributed by atoms with van der Waals surface area (Å²) in [5, 5.41) is 11.3. The van der Waals surface area contributed by atoms with Crippen LogP contribution in [-0.4, -0.2) is 47.6 Å². The monoisotopic (exact) mass is 465 g/mol. The number of hydrogen-bond acceptors (Lipinski definition) is 5. The molecule has 34 heavy (non-hydrogen) atoms. The number of nitrogens with zero attached hydrogens (tertiary/aromatic N) is 1. The van der Waals surface area contributed by atoms with E-state index in [1.54, 1.807) is 23.1 Å². The van der Waals surface area contributed by atoms with Gasteiger partial charge in [0, 0.05) is 18.7 Å². The Hall–Kier alpha value is -3.12. The van der Waals surface area contributed by atoms with E-state index in [0.717, 1.165) is 11.1 Å². The molecular formula is C28H35NO5. The van der Waals surface area contributed by atoms with Crippen LogP contribution in [0.1, 0.15) is 56.8 Å². The first kappa shape index (κ1) is 25.5. The third-order valence-electron chi connectivity index (χ3n) is 5.58. The zero-order valence-corrected chi connectivity index (χ0v) is 20.7. The molecule has 0 aromatic heterocycles. The zero-order valence-electron chi connectivity index (χ0n) is 20.7. The molecule has 3 rings (SSSR count). The molecule has 2 aromatic carbocycles. The summed E-state index contributed by atoms with van der Waals surface area (Å²) in [4.78, 5) is 27.8. The molecule has 182 valence electrons. The van der Waals surface area contributed by atoms with E-state index in [0.29, 0.717) is 43.4 Å². The van der Waals surface area contributed by atoms with Crippen molar-refractivity contribution in [2.45, 2.75) is 53.2 Å². The largest absolute Gasteiger partial charge is 0.507 e. The fourth-order valence-electron chi connectivity index (χ4n) is 4.00. The second-order valence-corrected chi connectivity index (χ2v) is 9.41. The molecule has 2 aromatic rings. The molecule has 0 saturated carbocycles. The van der Waals surface area contributed by atoms with Crippen LogP contribution in [0.15, 0.2) is 54.1 Å². The number of aliphatic hydroxyl groups is 1. The Morgan fingerprint density at radius 2 is 1.79 bits per heavy atom. The molecule has 1 N–H and O–H groups in total. The van der Waals surface area contributed by atoms with E-state index >= 15 is 0 Å². The predicted octanol–water partition coefficient (Wildman–Crippen LogP) is 5.27. The number of hydrogen-bond donors (Lipinski definition) is 1. The molecule has 0 aliphatic carbocycles. The van der Waals surface area contributed by atoms with Gasteiger partial charge in [-0.1, -0.05) is 55.8 Å². The number of rotatable bonds is 10. The van der Waals surface area contributed by atoms with Gasteiger partial charge in [-0.3, -0.25) is 9.59 Å². The summed E-state index contributed by atoms with van der Waals surface area (Å²) in [6, 6.07) is 14.0. The van der Waals surface area contributed by atoms with Gasteiger partial charge in [0.1, 0.15) is 11.5 Å². The molecule has 1 aliphatic rings. The van der Waals surface area contributed by atoms with E-state index in [1.165, 1.54) is 0 Å². The first-order valence-corrected chi connectivity index (χ1v) is 11.9. The second kappa shape index (κ2) is 11.3. The first-order chi connectivity index (χ1) is 16.2. The Bertz CT molecular complexity index is 1060. The number of Topliss-reactive ketones (excluding diaryl/α,β-unsaturated/α-hetero) is 1. The molecular weight excluding hydrogens is 430 g/mol. The third kappa shape index (κ3) is 6.06. The quantitative estimate of drug-likeness (QED) is 0.224. The lowest BCUT2D eigenvalue weighted by Crippen LogP contribution is -2.31. The molecule has 1 unspecified atom stereocenters. The topological polar surface area (TPSA) is 76.1 Å². The van der Waals surface area contributed by atoms with E-state index in [9.17, 15) is 14.7 Å². The van der Waals surface area contributed by atoms with Crippen molar-refractivity contribution >= 4 is 17.4 Å². The van der Waals surface area contributed by atoms with Gasteiger partial charge in [-0.15, -0.1) is 0 Å². The van der Waals surface area contributed by atoms with E-state index < -0.39 is 17.7 Å². The van der Waals surface area contributed by atoms with Crippen LogP contribution in [0.4, 0.5) is 0 Å². The van der Waals surface area contributed by atoms with Gasteiger partial charge in [-0.25, -0.2) is 0 Å². The minimum atomic E-state index is -0.678. The van der Waals surface area contributed by atoms with Crippen LogP contribution in [0, 0.1) is 12.8 Å². The van der Waals surface area contributed by atoms with Gasteiger partial charge in [-0.05, 0) is 50.8 Å². The van der Waals surface area contributed by atoms with Crippen molar-refractivity contribution in [2.24, 2.45) is 5.92 Å². The van der Waals surface area contributed by atoms with Crippen LogP contribution < -0.4 is 4.74 Å². The smallest absolute Gasteiger partial charge is 0.295 e. The third-order valence-corrected chi connectivity index (χ3v) is 5.58. The SMILES string of the molecule is Cc1cccc(C2/C(=C(/O)c3cccc(OCC(C)C)c3)C(=O)C(=O)N2CCCOC(C)C)c1. The molecule has 1 fully saturated rings. The molecule has 0 spiro atoms. The summed E-state index contributed by atoms with van der Waals surface area (Å²) < 4.78 is 11.4.